The number of methoxy groups -OCH3 is 1. The molecular formula is C37H51N3O6. The van der Waals surface area contributed by atoms with Crippen molar-refractivity contribution >= 4 is 29.2 Å². The number of hydrogen-bond acceptors (Lipinski definition) is 8. The quantitative estimate of drug-likeness (QED) is 0.273. The van der Waals surface area contributed by atoms with Crippen LogP contribution >= 0.6 is 0 Å². The highest BCUT2D eigenvalue weighted by atomic mass is 16.5. The van der Waals surface area contributed by atoms with Gasteiger partial charge in [0.15, 0.2) is 0 Å². The Morgan fingerprint density at radius 1 is 0.957 bits per heavy atom. The fourth-order valence-corrected chi connectivity index (χ4v) is 8.81. The number of carbonyl (C=O) groups is 3. The third kappa shape index (κ3) is 6.75. The van der Waals surface area contributed by atoms with Gasteiger partial charge in [-0.15, -0.1) is 0 Å². The Balaban J connectivity index is 1.37. The normalized spacial score (nSPS) is 30.8. The van der Waals surface area contributed by atoms with Crippen molar-refractivity contribution < 1.29 is 28.6 Å². The zero-order valence-electron chi connectivity index (χ0n) is 27.9. The van der Waals surface area contributed by atoms with Crippen LogP contribution in [0.2, 0.25) is 0 Å². The Bertz CT molecular complexity index is 1410. The molecule has 1 amide bonds. The van der Waals surface area contributed by atoms with Crippen molar-refractivity contribution in [2.75, 3.05) is 13.7 Å². The lowest BCUT2D eigenvalue weighted by atomic mass is 9.65. The van der Waals surface area contributed by atoms with Gasteiger partial charge < -0.3 is 23.9 Å². The molecule has 0 unspecified atom stereocenters. The molecule has 2 aromatic rings. The number of nitrogens with zero attached hydrogens (tertiary/aromatic N) is 3. The van der Waals surface area contributed by atoms with Gasteiger partial charge in [-0.3, -0.25) is 9.59 Å². The third-order valence-electron chi connectivity index (χ3n) is 11.6. The summed E-state index contributed by atoms with van der Waals surface area (Å²) in [5, 5.41) is 0. The fourth-order valence-electron chi connectivity index (χ4n) is 8.81. The Morgan fingerprint density at radius 2 is 1.74 bits per heavy atom. The van der Waals surface area contributed by atoms with Crippen molar-refractivity contribution in [2.45, 2.75) is 128 Å². The van der Waals surface area contributed by atoms with Gasteiger partial charge in [0.2, 0.25) is 11.8 Å². The van der Waals surface area contributed by atoms with E-state index in [1.165, 1.54) is 0 Å². The second-order valence-corrected chi connectivity index (χ2v) is 14.5. The van der Waals surface area contributed by atoms with Gasteiger partial charge in [0.1, 0.15) is 29.9 Å². The molecule has 3 heterocycles. The summed E-state index contributed by atoms with van der Waals surface area (Å²) in [6.07, 6.45) is 13.9. The van der Waals surface area contributed by atoms with Gasteiger partial charge in [-0.05, 0) is 81.3 Å². The second kappa shape index (κ2) is 14.3. The zero-order chi connectivity index (χ0) is 32.3. The van der Waals surface area contributed by atoms with E-state index in [4.69, 9.17) is 24.2 Å². The monoisotopic (exact) mass is 633 g/mol. The van der Waals surface area contributed by atoms with Crippen LogP contribution < -0.4 is 9.47 Å². The van der Waals surface area contributed by atoms with E-state index in [2.05, 4.69) is 6.92 Å². The van der Waals surface area contributed by atoms with Crippen LogP contribution in [-0.2, 0) is 25.5 Å². The van der Waals surface area contributed by atoms with Crippen LogP contribution in [0.1, 0.15) is 109 Å². The SMILES string of the molecule is CC[C@@H]1[C@@H]2CN(C(=O)[C@H](C3(C)CCCCC3)CC(=O)O[C@@H]3CCC[C@H]3CCCCCc3nc4ccc(OC)cc4nc3O2)[C@@H]1C=O. The summed E-state index contributed by atoms with van der Waals surface area (Å²) < 4.78 is 18.4. The summed E-state index contributed by atoms with van der Waals surface area (Å²) in [5.74, 6) is 0.391. The molecule has 0 N–H and O–H groups in total. The fraction of sp³-hybridized carbons (Fsp3) is 0.703. The van der Waals surface area contributed by atoms with Crippen molar-refractivity contribution in [2.24, 2.45) is 23.2 Å². The number of fused-ring (bicyclic) bond motifs is 5. The number of aromatic nitrogens is 2. The number of rotatable bonds is 4. The highest BCUT2D eigenvalue weighted by Gasteiger charge is 2.50. The van der Waals surface area contributed by atoms with Gasteiger partial charge in [0.05, 0.1) is 43.1 Å². The van der Waals surface area contributed by atoms with E-state index in [0.717, 1.165) is 101 Å². The molecule has 1 aromatic carbocycles. The lowest BCUT2D eigenvalue weighted by Gasteiger charge is -2.41. The van der Waals surface area contributed by atoms with Crippen LogP contribution in [0.25, 0.3) is 11.0 Å². The lowest BCUT2D eigenvalue weighted by molar-refractivity contribution is -0.159. The standard InChI is InChI=1S/C37H51N3O6/c1-4-26-31(23-41)40-22-33(26)46-35-29(38-28-17-16-25(44-3)20-30(28)39-35)14-8-5-7-12-24-13-11-15-32(24)45-34(42)21-27(36(40)43)37(2)18-9-6-10-19-37/h16-17,20,23-24,26-27,31-33H,4-15,18-19,21-22H2,1-3H3/t24-,26+,27-,31-,32-,33+/m1/s1. The molecule has 250 valence electrons. The van der Waals surface area contributed by atoms with Crippen LogP contribution in [0.15, 0.2) is 18.2 Å². The molecule has 2 aliphatic carbocycles. The molecule has 6 atom stereocenters. The smallest absolute Gasteiger partial charge is 0.306 e. The highest BCUT2D eigenvalue weighted by Crippen LogP contribution is 2.46. The van der Waals surface area contributed by atoms with Crippen LogP contribution in [0.5, 0.6) is 11.6 Å². The summed E-state index contributed by atoms with van der Waals surface area (Å²) in [7, 11) is 1.63. The number of ether oxygens (including phenoxy) is 3. The molecule has 1 saturated heterocycles. The predicted molar refractivity (Wildman–Crippen MR) is 175 cm³/mol. The molecule has 0 radical (unpaired) electrons. The van der Waals surface area contributed by atoms with Gasteiger partial charge in [-0.25, -0.2) is 9.97 Å². The summed E-state index contributed by atoms with van der Waals surface area (Å²) in [5.41, 5.74) is 1.95. The molecule has 9 heteroatoms. The summed E-state index contributed by atoms with van der Waals surface area (Å²) in [4.78, 5) is 52.7. The van der Waals surface area contributed by atoms with Gasteiger partial charge >= 0.3 is 5.97 Å². The first-order valence-electron chi connectivity index (χ1n) is 17.8. The number of hydrogen-bond donors (Lipinski definition) is 0. The Morgan fingerprint density at radius 3 is 2.50 bits per heavy atom. The first-order valence-corrected chi connectivity index (χ1v) is 17.8. The average molecular weight is 634 g/mol. The maximum atomic E-state index is 14.7. The van der Waals surface area contributed by atoms with Crippen LogP contribution in [0.4, 0.5) is 0 Å². The van der Waals surface area contributed by atoms with Crippen molar-refractivity contribution in [3.8, 4) is 11.6 Å². The zero-order valence-corrected chi connectivity index (χ0v) is 27.9. The second-order valence-electron chi connectivity index (χ2n) is 14.5. The van der Waals surface area contributed by atoms with Crippen LogP contribution in [-0.4, -0.2) is 64.9 Å². The topological polar surface area (TPSA) is 108 Å². The minimum absolute atomic E-state index is 0.0606. The first kappa shape index (κ1) is 32.7. The Labute approximate surface area is 273 Å². The largest absolute Gasteiger partial charge is 0.497 e. The van der Waals surface area contributed by atoms with E-state index in [1.807, 2.05) is 25.1 Å². The van der Waals surface area contributed by atoms with Gasteiger partial charge in [0, 0.05) is 12.0 Å². The maximum absolute atomic E-state index is 14.7. The lowest BCUT2D eigenvalue weighted by Crippen LogP contribution is -2.48. The molecule has 6 rings (SSSR count). The number of esters is 1. The van der Waals surface area contributed by atoms with Gasteiger partial charge in [-0.1, -0.05) is 46.0 Å². The van der Waals surface area contributed by atoms with E-state index >= 15 is 0 Å². The van der Waals surface area contributed by atoms with Crippen molar-refractivity contribution in [1.82, 2.24) is 14.9 Å². The molecule has 9 nitrogen and oxygen atoms in total. The van der Waals surface area contributed by atoms with E-state index in [-0.39, 0.29) is 42.3 Å². The molecule has 2 saturated carbocycles. The van der Waals surface area contributed by atoms with Gasteiger partial charge in [-0.2, -0.15) is 0 Å². The molecule has 2 aliphatic heterocycles. The van der Waals surface area contributed by atoms with Crippen molar-refractivity contribution in [1.29, 1.82) is 0 Å². The summed E-state index contributed by atoms with van der Waals surface area (Å²) in [6, 6.07) is 5.04. The van der Waals surface area contributed by atoms with Crippen LogP contribution in [0.3, 0.4) is 0 Å². The molecule has 2 bridgehead atoms. The molecule has 46 heavy (non-hydrogen) atoms. The first-order chi connectivity index (χ1) is 22.3. The van der Waals surface area contributed by atoms with Crippen LogP contribution in [0, 0.1) is 23.2 Å². The van der Waals surface area contributed by atoms with E-state index < -0.39 is 18.1 Å². The van der Waals surface area contributed by atoms with Crippen molar-refractivity contribution in [3.63, 3.8) is 0 Å². The third-order valence-corrected chi connectivity index (χ3v) is 11.6. The average Bonchev–Trinajstić information content (AvgIpc) is 3.65. The number of amides is 1. The van der Waals surface area contributed by atoms with E-state index in [0.29, 0.717) is 29.5 Å². The number of aldehydes is 1. The number of aryl methyl sites for hydroxylation is 1. The van der Waals surface area contributed by atoms with E-state index in [1.54, 1.807) is 12.0 Å². The van der Waals surface area contributed by atoms with E-state index in [9.17, 15) is 14.4 Å². The van der Waals surface area contributed by atoms with Crippen molar-refractivity contribution in [3.05, 3.63) is 23.9 Å². The number of carbonyl (C=O) groups excluding carboxylic acids is 3. The Hall–Kier alpha value is -3.23. The molecular weight excluding hydrogens is 582 g/mol. The molecule has 1 aromatic heterocycles. The summed E-state index contributed by atoms with van der Waals surface area (Å²) >= 11 is 0. The minimum Gasteiger partial charge on any atom is -0.497 e. The maximum Gasteiger partial charge on any atom is 0.306 e. The highest BCUT2D eigenvalue weighted by molar-refractivity contribution is 5.87. The number of benzene rings is 1. The minimum atomic E-state index is -0.633. The summed E-state index contributed by atoms with van der Waals surface area (Å²) in [6.45, 7) is 4.47. The Kier molecular flexibility index (Phi) is 10.1. The molecule has 3 fully saturated rings. The molecule has 4 aliphatic rings. The molecule has 0 spiro atoms. The van der Waals surface area contributed by atoms with Gasteiger partial charge in [0.25, 0.3) is 0 Å². The predicted octanol–water partition coefficient (Wildman–Crippen LogP) is 6.63.